The first-order chi connectivity index (χ1) is 14.9. The highest BCUT2D eigenvalue weighted by Gasteiger charge is 2.28. The molecule has 0 bridgehead atoms. The standard InChI is InChI=1S/C23H30N4O3S/c1-26-13-15-27(16-14-26)17-22(18-5-3-2-4-6-18)24-23(28)19-7-11-21(12-8-19)31(29,30)25-20-9-10-20/h2-8,11-12,20,22,25H,9-10,13-17H2,1H3,(H,24,28). The summed E-state index contributed by atoms with van der Waals surface area (Å²) in [5.74, 6) is -0.206. The third-order valence-electron chi connectivity index (χ3n) is 5.87. The lowest BCUT2D eigenvalue weighted by atomic mass is 10.0. The summed E-state index contributed by atoms with van der Waals surface area (Å²) in [5, 5.41) is 3.15. The molecule has 2 aromatic carbocycles. The molecule has 166 valence electrons. The molecule has 1 unspecified atom stereocenters. The number of benzene rings is 2. The molecule has 2 fully saturated rings. The summed E-state index contributed by atoms with van der Waals surface area (Å²) in [4.78, 5) is 17.8. The van der Waals surface area contributed by atoms with Crippen LogP contribution in [0.3, 0.4) is 0 Å². The highest BCUT2D eigenvalue weighted by Crippen LogP contribution is 2.22. The molecular weight excluding hydrogens is 412 g/mol. The summed E-state index contributed by atoms with van der Waals surface area (Å²) in [6.07, 6.45) is 1.77. The quantitative estimate of drug-likeness (QED) is 0.652. The van der Waals surface area contributed by atoms with E-state index in [1.54, 1.807) is 12.1 Å². The minimum Gasteiger partial charge on any atom is -0.344 e. The van der Waals surface area contributed by atoms with Gasteiger partial charge in [-0.05, 0) is 49.7 Å². The van der Waals surface area contributed by atoms with Gasteiger partial charge < -0.3 is 10.2 Å². The number of nitrogens with zero attached hydrogens (tertiary/aromatic N) is 2. The van der Waals surface area contributed by atoms with E-state index in [-0.39, 0.29) is 22.9 Å². The number of nitrogens with one attached hydrogen (secondary N) is 2. The molecule has 1 saturated heterocycles. The van der Waals surface area contributed by atoms with Gasteiger partial charge in [-0.25, -0.2) is 13.1 Å². The molecule has 7 nitrogen and oxygen atoms in total. The fourth-order valence-electron chi connectivity index (χ4n) is 3.72. The Kier molecular flexibility index (Phi) is 6.71. The van der Waals surface area contributed by atoms with E-state index >= 15 is 0 Å². The van der Waals surface area contributed by atoms with Crippen LogP contribution in [0, 0.1) is 0 Å². The van der Waals surface area contributed by atoms with Crippen molar-refractivity contribution in [3.63, 3.8) is 0 Å². The van der Waals surface area contributed by atoms with Crippen molar-refractivity contribution in [1.29, 1.82) is 0 Å². The van der Waals surface area contributed by atoms with Crippen LogP contribution in [0.15, 0.2) is 59.5 Å². The van der Waals surface area contributed by atoms with Crippen molar-refractivity contribution in [2.24, 2.45) is 0 Å². The van der Waals surface area contributed by atoms with Crippen molar-refractivity contribution >= 4 is 15.9 Å². The van der Waals surface area contributed by atoms with Crippen LogP contribution in [0.5, 0.6) is 0 Å². The summed E-state index contributed by atoms with van der Waals surface area (Å²) in [7, 11) is -1.40. The minimum absolute atomic E-state index is 0.0502. The van der Waals surface area contributed by atoms with E-state index in [1.807, 2.05) is 30.3 Å². The van der Waals surface area contributed by atoms with Gasteiger partial charge in [-0.3, -0.25) is 9.69 Å². The average Bonchev–Trinajstić information content (AvgIpc) is 3.59. The molecule has 0 spiro atoms. The Morgan fingerprint density at radius 1 is 1.00 bits per heavy atom. The summed E-state index contributed by atoms with van der Waals surface area (Å²) in [6, 6.07) is 16.0. The number of rotatable bonds is 8. The molecular formula is C23H30N4O3S. The lowest BCUT2D eigenvalue weighted by molar-refractivity contribution is 0.0907. The first-order valence-corrected chi connectivity index (χ1v) is 12.3. The van der Waals surface area contributed by atoms with Crippen LogP contribution >= 0.6 is 0 Å². The largest absolute Gasteiger partial charge is 0.344 e. The molecule has 1 aliphatic carbocycles. The minimum atomic E-state index is -3.52. The van der Waals surface area contributed by atoms with Crippen molar-refractivity contribution in [2.75, 3.05) is 39.8 Å². The molecule has 0 aromatic heterocycles. The number of amides is 1. The van der Waals surface area contributed by atoms with E-state index in [0.717, 1.165) is 51.1 Å². The number of carbonyl (C=O) groups excluding carboxylic acids is 1. The summed E-state index contributed by atoms with van der Waals surface area (Å²) in [6.45, 7) is 4.70. The maximum Gasteiger partial charge on any atom is 0.251 e. The molecule has 1 heterocycles. The predicted molar refractivity (Wildman–Crippen MR) is 120 cm³/mol. The summed E-state index contributed by atoms with van der Waals surface area (Å²) >= 11 is 0. The van der Waals surface area contributed by atoms with Gasteiger partial charge in [0.2, 0.25) is 10.0 Å². The van der Waals surface area contributed by atoms with Gasteiger partial charge in [-0.15, -0.1) is 0 Å². The first kappa shape index (κ1) is 22.0. The Labute approximate surface area is 184 Å². The molecule has 2 aliphatic rings. The molecule has 1 amide bonds. The van der Waals surface area contributed by atoms with E-state index in [2.05, 4.69) is 26.9 Å². The zero-order valence-electron chi connectivity index (χ0n) is 17.8. The molecule has 8 heteroatoms. The highest BCUT2D eigenvalue weighted by molar-refractivity contribution is 7.89. The summed E-state index contributed by atoms with van der Waals surface area (Å²) < 4.78 is 27.4. The van der Waals surface area contributed by atoms with E-state index in [9.17, 15) is 13.2 Å². The zero-order valence-corrected chi connectivity index (χ0v) is 18.6. The van der Waals surface area contributed by atoms with E-state index in [1.165, 1.54) is 12.1 Å². The second kappa shape index (κ2) is 9.48. The normalized spacial score (nSPS) is 19.1. The molecule has 0 radical (unpaired) electrons. The number of likely N-dealkylation sites (N-methyl/N-ethyl adjacent to an activating group) is 1. The van der Waals surface area contributed by atoms with Crippen LogP contribution in [-0.4, -0.2) is 69.9 Å². The van der Waals surface area contributed by atoms with Crippen molar-refractivity contribution < 1.29 is 13.2 Å². The van der Waals surface area contributed by atoms with Crippen molar-refractivity contribution in [3.8, 4) is 0 Å². The van der Waals surface area contributed by atoms with E-state index in [0.29, 0.717) is 5.56 Å². The van der Waals surface area contributed by atoms with E-state index in [4.69, 9.17) is 0 Å². The van der Waals surface area contributed by atoms with Gasteiger partial charge in [0.15, 0.2) is 0 Å². The third-order valence-corrected chi connectivity index (χ3v) is 7.41. The monoisotopic (exact) mass is 442 g/mol. The van der Waals surface area contributed by atoms with Gasteiger partial charge in [-0.2, -0.15) is 0 Å². The first-order valence-electron chi connectivity index (χ1n) is 10.8. The molecule has 1 saturated carbocycles. The van der Waals surface area contributed by atoms with Crippen molar-refractivity contribution in [2.45, 2.75) is 29.8 Å². The number of piperazine rings is 1. The topological polar surface area (TPSA) is 81.8 Å². The molecule has 1 aliphatic heterocycles. The van der Waals surface area contributed by atoms with Crippen molar-refractivity contribution in [1.82, 2.24) is 19.8 Å². The van der Waals surface area contributed by atoms with Gasteiger partial charge in [-0.1, -0.05) is 30.3 Å². The third kappa shape index (κ3) is 5.92. The molecule has 2 N–H and O–H groups in total. The van der Waals surface area contributed by atoms with Gasteiger partial charge in [0.25, 0.3) is 5.91 Å². The number of sulfonamides is 1. The smallest absolute Gasteiger partial charge is 0.251 e. The Morgan fingerprint density at radius 3 is 2.26 bits per heavy atom. The van der Waals surface area contributed by atoms with Crippen LogP contribution in [0.4, 0.5) is 0 Å². The molecule has 2 aromatic rings. The number of carbonyl (C=O) groups is 1. The van der Waals surface area contributed by atoms with Crippen LogP contribution in [-0.2, 0) is 10.0 Å². The highest BCUT2D eigenvalue weighted by atomic mass is 32.2. The Balaban J connectivity index is 1.45. The Bertz CT molecular complexity index is 983. The van der Waals surface area contributed by atoms with E-state index < -0.39 is 10.0 Å². The zero-order chi connectivity index (χ0) is 21.8. The second-order valence-electron chi connectivity index (χ2n) is 8.46. The molecule has 31 heavy (non-hydrogen) atoms. The molecule has 1 atom stereocenters. The number of hydrogen-bond donors (Lipinski definition) is 2. The molecule has 4 rings (SSSR count). The van der Waals surface area contributed by atoms with Crippen LogP contribution < -0.4 is 10.0 Å². The van der Waals surface area contributed by atoms with Crippen molar-refractivity contribution in [3.05, 3.63) is 65.7 Å². The Hall–Kier alpha value is -2.26. The van der Waals surface area contributed by atoms with Gasteiger partial charge >= 0.3 is 0 Å². The lowest BCUT2D eigenvalue weighted by Crippen LogP contribution is -2.47. The fourth-order valence-corrected chi connectivity index (χ4v) is 5.03. The SMILES string of the molecule is CN1CCN(CC(NC(=O)c2ccc(S(=O)(=O)NC3CC3)cc2)c2ccccc2)CC1. The van der Waals surface area contributed by atoms with Crippen LogP contribution in [0.1, 0.15) is 34.8 Å². The maximum atomic E-state index is 13.0. The predicted octanol–water partition coefficient (Wildman–Crippen LogP) is 1.85. The lowest BCUT2D eigenvalue weighted by Gasteiger charge is -2.35. The average molecular weight is 443 g/mol. The van der Waals surface area contributed by atoms with Gasteiger partial charge in [0.1, 0.15) is 0 Å². The summed E-state index contributed by atoms with van der Waals surface area (Å²) in [5.41, 5.74) is 1.51. The van der Waals surface area contributed by atoms with Crippen LogP contribution in [0.25, 0.3) is 0 Å². The number of hydrogen-bond acceptors (Lipinski definition) is 5. The van der Waals surface area contributed by atoms with Gasteiger partial charge in [0, 0.05) is 44.3 Å². The van der Waals surface area contributed by atoms with Gasteiger partial charge in [0.05, 0.1) is 10.9 Å². The second-order valence-corrected chi connectivity index (χ2v) is 10.2. The maximum absolute atomic E-state index is 13.0. The van der Waals surface area contributed by atoms with Crippen LogP contribution in [0.2, 0.25) is 0 Å². The fraction of sp³-hybridized carbons (Fsp3) is 0.435. The Morgan fingerprint density at radius 2 is 1.65 bits per heavy atom.